The van der Waals surface area contributed by atoms with Crippen LogP contribution in [0.1, 0.15) is 5.69 Å². The van der Waals surface area contributed by atoms with Crippen LogP contribution in [0.3, 0.4) is 0 Å². The number of hydrogen-bond donors (Lipinski definition) is 2. The lowest BCUT2D eigenvalue weighted by molar-refractivity contribution is 0.171. The number of amides is 2. The van der Waals surface area contributed by atoms with Gasteiger partial charge in [0.15, 0.2) is 11.5 Å². The lowest BCUT2D eigenvalue weighted by Gasteiger charge is -2.19. The van der Waals surface area contributed by atoms with E-state index >= 15 is 0 Å². The second-order valence-electron chi connectivity index (χ2n) is 5.53. The lowest BCUT2D eigenvalue weighted by atomic mass is 10.2. The first-order valence-corrected chi connectivity index (χ1v) is 8.04. The van der Waals surface area contributed by atoms with Crippen molar-refractivity contribution in [2.75, 3.05) is 18.5 Å². The Morgan fingerprint density at radius 2 is 2.08 bits per heavy atom. The molecule has 0 radical (unpaired) electrons. The van der Waals surface area contributed by atoms with Crippen molar-refractivity contribution < 1.29 is 14.3 Å². The van der Waals surface area contributed by atoms with Gasteiger partial charge in [-0.25, -0.2) is 9.48 Å². The number of carbonyl (C=O) groups excluding carboxylic acids is 1. The smallest absolute Gasteiger partial charge is 0.319 e. The first-order valence-electron chi connectivity index (χ1n) is 8.04. The Morgan fingerprint density at radius 3 is 2.92 bits per heavy atom. The average Bonchev–Trinajstić information content (AvgIpc) is 3.16. The average molecular weight is 352 g/mol. The number of anilines is 1. The van der Waals surface area contributed by atoms with E-state index < -0.39 is 0 Å². The molecule has 1 aromatic carbocycles. The minimum atomic E-state index is -0.349. The van der Waals surface area contributed by atoms with Crippen molar-refractivity contribution in [3.8, 4) is 17.2 Å². The molecule has 132 valence electrons. The zero-order chi connectivity index (χ0) is 17.8. The lowest BCUT2D eigenvalue weighted by Crippen LogP contribution is -2.28. The number of fused-ring (bicyclic) bond motifs is 1. The predicted molar refractivity (Wildman–Crippen MR) is 92.4 cm³/mol. The summed E-state index contributed by atoms with van der Waals surface area (Å²) in [6.45, 7) is 1.27. The van der Waals surface area contributed by atoms with Crippen LogP contribution < -0.4 is 20.1 Å². The number of urea groups is 1. The Bertz CT molecular complexity index is 912. The number of carbonyl (C=O) groups is 1. The highest BCUT2D eigenvalue weighted by atomic mass is 16.6. The van der Waals surface area contributed by atoms with Gasteiger partial charge in [-0.2, -0.15) is 0 Å². The quantitative estimate of drug-likeness (QED) is 0.741. The van der Waals surface area contributed by atoms with Crippen LogP contribution in [-0.2, 0) is 6.54 Å². The van der Waals surface area contributed by atoms with Gasteiger partial charge in [0.05, 0.1) is 24.6 Å². The van der Waals surface area contributed by atoms with Gasteiger partial charge in [-0.3, -0.25) is 4.98 Å². The summed E-state index contributed by atoms with van der Waals surface area (Å²) in [5, 5.41) is 13.5. The van der Waals surface area contributed by atoms with Crippen LogP contribution in [0.25, 0.3) is 5.69 Å². The summed E-state index contributed by atoms with van der Waals surface area (Å²) in [5.41, 5.74) is 2.05. The van der Waals surface area contributed by atoms with Crippen molar-refractivity contribution in [2.24, 2.45) is 0 Å². The molecule has 2 aromatic heterocycles. The Hall–Kier alpha value is -3.62. The molecule has 0 unspecified atom stereocenters. The third-order valence-corrected chi connectivity index (χ3v) is 3.68. The molecule has 0 fully saturated rings. The maximum absolute atomic E-state index is 12.1. The molecule has 0 saturated carbocycles. The molecule has 3 heterocycles. The molecule has 9 heteroatoms. The van der Waals surface area contributed by atoms with E-state index in [-0.39, 0.29) is 12.6 Å². The molecule has 3 aromatic rings. The summed E-state index contributed by atoms with van der Waals surface area (Å²) < 4.78 is 12.5. The molecule has 0 atom stereocenters. The molecule has 26 heavy (non-hydrogen) atoms. The fourth-order valence-corrected chi connectivity index (χ4v) is 2.46. The van der Waals surface area contributed by atoms with Crippen molar-refractivity contribution in [2.45, 2.75) is 6.54 Å². The van der Waals surface area contributed by atoms with E-state index in [2.05, 4.69) is 25.9 Å². The van der Waals surface area contributed by atoms with Gasteiger partial charge in [0.25, 0.3) is 0 Å². The zero-order valence-electron chi connectivity index (χ0n) is 13.8. The standard InChI is InChI=1S/C17H16N6O3/c24-17(20-12-3-4-15-16(8-12)26-7-6-25-15)19-9-13-11-23(22-21-13)14-2-1-5-18-10-14/h1-5,8,10-11H,6-7,9H2,(H2,19,20,24). The molecular weight excluding hydrogens is 336 g/mol. The zero-order valence-corrected chi connectivity index (χ0v) is 13.8. The molecule has 2 N–H and O–H groups in total. The highest BCUT2D eigenvalue weighted by Crippen LogP contribution is 2.32. The monoisotopic (exact) mass is 352 g/mol. The second-order valence-corrected chi connectivity index (χ2v) is 5.53. The molecular formula is C17H16N6O3. The molecule has 4 rings (SSSR count). The van der Waals surface area contributed by atoms with Gasteiger partial charge >= 0.3 is 6.03 Å². The molecule has 0 aliphatic carbocycles. The second kappa shape index (κ2) is 7.09. The fraction of sp³-hybridized carbons (Fsp3) is 0.176. The topological polar surface area (TPSA) is 103 Å². The van der Waals surface area contributed by atoms with E-state index in [9.17, 15) is 4.79 Å². The number of rotatable bonds is 4. The number of nitrogens with one attached hydrogen (secondary N) is 2. The third kappa shape index (κ3) is 3.56. The highest BCUT2D eigenvalue weighted by Gasteiger charge is 2.13. The number of benzene rings is 1. The van der Waals surface area contributed by atoms with E-state index in [1.807, 2.05) is 12.1 Å². The molecule has 0 saturated heterocycles. The van der Waals surface area contributed by atoms with Crippen LogP contribution in [0, 0.1) is 0 Å². The maximum Gasteiger partial charge on any atom is 0.319 e. The molecule has 1 aliphatic rings. The largest absolute Gasteiger partial charge is 0.486 e. The van der Waals surface area contributed by atoms with Gasteiger partial charge in [-0.15, -0.1) is 5.10 Å². The van der Waals surface area contributed by atoms with Gasteiger partial charge < -0.3 is 20.1 Å². The van der Waals surface area contributed by atoms with E-state index in [0.29, 0.717) is 36.1 Å². The fourth-order valence-electron chi connectivity index (χ4n) is 2.46. The Kier molecular flexibility index (Phi) is 4.33. The van der Waals surface area contributed by atoms with Crippen LogP contribution >= 0.6 is 0 Å². The van der Waals surface area contributed by atoms with Crippen LogP contribution in [0.15, 0.2) is 48.9 Å². The minimum absolute atomic E-state index is 0.247. The van der Waals surface area contributed by atoms with Crippen molar-refractivity contribution in [1.82, 2.24) is 25.3 Å². The Balaban J connectivity index is 1.34. The molecule has 9 nitrogen and oxygen atoms in total. The summed E-state index contributed by atoms with van der Waals surface area (Å²) >= 11 is 0. The van der Waals surface area contributed by atoms with Gasteiger partial charge in [-0.1, -0.05) is 5.21 Å². The summed E-state index contributed by atoms with van der Waals surface area (Å²) in [4.78, 5) is 16.1. The third-order valence-electron chi connectivity index (χ3n) is 3.68. The van der Waals surface area contributed by atoms with Crippen molar-refractivity contribution in [3.05, 3.63) is 54.6 Å². The summed E-state index contributed by atoms with van der Waals surface area (Å²) in [7, 11) is 0. The first kappa shape index (κ1) is 15.9. The Morgan fingerprint density at radius 1 is 1.19 bits per heavy atom. The first-order chi connectivity index (χ1) is 12.8. The summed E-state index contributed by atoms with van der Waals surface area (Å²) in [5.74, 6) is 1.29. The van der Waals surface area contributed by atoms with Crippen LogP contribution in [0.4, 0.5) is 10.5 Å². The normalized spacial score (nSPS) is 12.5. The molecule has 0 spiro atoms. The number of nitrogens with zero attached hydrogens (tertiary/aromatic N) is 4. The number of ether oxygens (including phenoxy) is 2. The van der Waals surface area contributed by atoms with Gasteiger partial charge in [0, 0.05) is 18.0 Å². The maximum atomic E-state index is 12.1. The minimum Gasteiger partial charge on any atom is -0.486 e. The Labute approximate surface area is 149 Å². The van der Waals surface area contributed by atoms with Crippen LogP contribution in [0.5, 0.6) is 11.5 Å². The van der Waals surface area contributed by atoms with E-state index in [1.54, 1.807) is 41.5 Å². The van der Waals surface area contributed by atoms with Crippen molar-refractivity contribution in [1.29, 1.82) is 0 Å². The highest BCUT2D eigenvalue weighted by molar-refractivity contribution is 5.89. The van der Waals surface area contributed by atoms with Gasteiger partial charge in [0.2, 0.25) is 0 Å². The summed E-state index contributed by atoms with van der Waals surface area (Å²) in [6, 6.07) is 8.59. The van der Waals surface area contributed by atoms with Crippen molar-refractivity contribution in [3.63, 3.8) is 0 Å². The van der Waals surface area contributed by atoms with E-state index in [0.717, 1.165) is 5.69 Å². The number of pyridine rings is 1. The summed E-state index contributed by atoms with van der Waals surface area (Å²) in [6.07, 6.45) is 5.10. The van der Waals surface area contributed by atoms with E-state index in [1.165, 1.54) is 0 Å². The SMILES string of the molecule is O=C(NCc1cn(-c2cccnc2)nn1)Nc1ccc2c(c1)OCCO2. The molecule has 1 aliphatic heterocycles. The molecule has 0 bridgehead atoms. The van der Waals surface area contributed by atoms with Crippen LogP contribution in [0.2, 0.25) is 0 Å². The molecule has 2 amide bonds. The van der Waals surface area contributed by atoms with E-state index in [4.69, 9.17) is 9.47 Å². The van der Waals surface area contributed by atoms with Gasteiger partial charge in [0.1, 0.15) is 18.9 Å². The number of aromatic nitrogens is 4. The number of hydrogen-bond acceptors (Lipinski definition) is 6. The van der Waals surface area contributed by atoms with Gasteiger partial charge in [-0.05, 0) is 24.3 Å². The predicted octanol–water partition coefficient (Wildman–Crippen LogP) is 1.76. The van der Waals surface area contributed by atoms with Crippen LogP contribution in [-0.4, -0.2) is 39.2 Å². The van der Waals surface area contributed by atoms with Crippen molar-refractivity contribution >= 4 is 11.7 Å².